The smallest absolute Gasteiger partial charge is 0.164 e. The largest absolute Gasteiger partial charge is 0.294 e. The molecule has 1 heterocycles. The van der Waals surface area contributed by atoms with Crippen LogP contribution < -0.4 is 0 Å². The van der Waals surface area contributed by atoms with Gasteiger partial charge in [0.15, 0.2) is 5.78 Å². The molecule has 0 radical (unpaired) electrons. The SMILES string of the molecule is CC(C)c1ccc2c(c1)SCCC2=O. The van der Waals surface area contributed by atoms with E-state index in [9.17, 15) is 4.79 Å². The standard InChI is InChI=1S/C12H14OS/c1-8(2)9-3-4-10-11(13)5-6-14-12(10)7-9/h3-4,7-8H,5-6H2,1-2H3. The maximum atomic E-state index is 11.6. The first kappa shape index (κ1) is 9.78. The van der Waals surface area contributed by atoms with E-state index in [1.54, 1.807) is 11.8 Å². The van der Waals surface area contributed by atoms with Crippen molar-refractivity contribution in [1.29, 1.82) is 0 Å². The summed E-state index contributed by atoms with van der Waals surface area (Å²) in [5, 5.41) is 0. The molecule has 0 amide bonds. The summed E-state index contributed by atoms with van der Waals surface area (Å²) >= 11 is 1.80. The van der Waals surface area contributed by atoms with Gasteiger partial charge in [-0.3, -0.25) is 4.79 Å². The van der Waals surface area contributed by atoms with Gasteiger partial charge in [-0.05, 0) is 23.6 Å². The number of thioether (sulfide) groups is 1. The second-order valence-corrected chi connectivity index (χ2v) is 5.07. The molecule has 1 aliphatic heterocycles. The summed E-state index contributed by atoms with van der Waals surface area (Å²) in [6.07, 6.45) is 0.693. The predicted octanol–water partition coefficient (Wildman–Crippen LogP) is 3.49. The van der Waals surface area contributed by atoms with Gasteiger partial charge in [-0.1, -0.05) is 19.9 Å². The molecule has 0 fully saturated rings. The zero-order chi connectivity index (χ0) is 10.1. The third-order valence-electron chi connectivity index (χ3n) is 2.56. The molecular formula is C12H14OS. The van der Waals surface area contributed by atoms with Gasteiger partial charge in [0.05, 0.1) is 0 Å². The number of carbonyl (C=O) groups is 1. The van der Waals surface area contributed by atoms with Gasteiger partial charge in [-0.15, -0.1) is 11.8 Å². The van der Waals surface area contributed by atoms with Gasteiger partial charge in [0, 0.05) is 22.6 Å². The highest BCUT2D eigenvalue weighted by Gasteiger charge is 2.17. The minimum Gasteiger partial charge on any atom is -0.294 e. The Balaban J connectivity index is 2.44. The molecule has 0 bridgehead atoms. The summed E-state index contributed by atoms with van der Waals surface area (Å²) in [5.74, 6) is 1.78. The van der Waals surface area contributed by atoms with Crippen molar-refractivity contribution in [1.82, 2.24) is 0 Å². The van der Waals surface area contributed by atoms with Gasteiger partial charge < -0.3 is 0 Å². The highest BCUT2D eigenvalue weighted by molar-refractivity contribution is 7.99. The summed E-state index contributed by atoms with van der Waals surface area (Å²) in [4.78, 5) is 12.7. The monoisotopic (exact) mass is 206 g/mol. The number of fused-ring (bicyclic) bond motifs is 1. The van der Waals surface area contributed by atoms with Crippen LogP contribution in [-0.4, -0.2) is 11.5 Å². The summed E-state index contributed by atoms with van der Waals surface area (Å²) in [6, 6.07) is 6.23. The van der Waals surface area contributed by atoms with Crippen LogP contribution in [0.2, 0.25) is 0 Å². The normalized spacial score (nSPS) is 15.8. The number of ketones is 1. The average molecular weight is 206 g/mol. The first-order chi connectivity index (χ1) is 6.68. The van der Waals surface area contributed by atoms with Crippen molar-refractivity contribution >= 4 is 17.5 Å². The van der Waals surface area contributed by atoms with Crippen molar-refractivity contribution in [3.8, 4) is 0 Å². The van der Waals surface area contributed by atoms with E-state index in [0.29, 0.717) is 18.1 Å². The molecule has 1 nitrogen and oxygen atoms in total. The van der Waals surface area contributed by atoms with Crippen molar-refractivity contribution in [2.24, 2.45) is 0 Å². The second kappa shape index (κ2) is 3.77. The predicted molar refractivity (Wildman–Crippen MR) is 60.2 cm³/mol. The van der Waals surface area contributed by atoms with Gasteiger partial charge in [-0.2, -0.15) is 0 Å². The lowest BCUT2D eigenvalue weighted by Gasteiger charge is -2.16. The van der Waals surface area contributed by atoms with E-state index < -0.39 is 0 Å². The third-order valence-corrected chi connectivity index (χ3v) is 3.62. The number of benzene rings is 1. The molecule has 2 heteroatoms. The number of rotatable bonds is 1. The Hall–Kier alpha value is -0.760. The number of carbonyl (C=O) groups excluding carboxylic acids is 1. The zero-order valence-electron chi connectivity index (χ0n) is 8.54. The van der Waals surface area contributed by atoms with Crippen molar-refractivity contribution < 1.29 is 4.79 Å². The van der Waals surface area contributed by atoms with E-state index in [0.717, 1.165) is 11.3 Å². The Morgan fingerprint density at radius 1 is 1.36 bits per heavy atom. The van der Waals surface area contributed by atoms with E-state index in [-0.39, 0.29) is 0 Å². The van der Waals surface area contributed by atoms with Gasteiger partial charge in [-0.25, -0.2) is 0 Å². The van der Waals surface area contributed by atoms with Gasteiger partial charge in [0.2, 0.25) is 0 Å². The summed E-state index contributed by atoms with van der Waals surface area (Å²) in [6.45, 7) is 4.36. The average Bonchev–Trinajstić information content (AvgIpc) is 2.17. The molecule has 1 aromatic rings. The van der Waals surface area contributed by atoms with Crippen molar-refractivity contribution in [3.05, 3.63) is 29.3 Å². The van der Waals surface area contributed by atoms with Crippen molar-refractivity contribution in [2.45, 2.75) is 31.1 Å². The number of hydrogen-bond acceptors (Lipinski definition) is 2. The van der Waals surface area contributed by atoms with E-state index in [1.165, 1.54) is 10.5 Å². The van der Waals surface area contributed by atoms with Crippen LogP contribution in [-0.2, 0) is 0 Å². The highest BCUT2D eigenvalue weighted by atomic mass is 32.2. The van der Waals surface area contributed by atoms with Crippen LogP contribution in [0.1, 0.15) is 42.1 Å². The summed E-state index contributed by atoms with van der Waals surface area (Å²) < 4.78 is 0. The minimum absolute atomic E-state index is 0.300. The van der Waals surface area contributed by atoms with E-state index in [4.69, 9.17) is 0 Å². The zero-order valence-corrected chi connectivity index (χ0v) is 9.36. The molecule has 0 N–H and O–H groups in total. The van der Waals surface area contributed by atoms with Crippen LogP contribution in [0.5, 0.6) is 0 Å². The molecule has 0 spiro atoms. The molecule has 0 aromatic heterocycles. The fourth-order valence-electron chi connectivity index (χ4n) is 1.64. The fourth-order valence-corrected chi connectivity index (χ4v) is 2.70. The van der Waals surface area contributed by atoms with Gasteiger partial charge >= 0.3 is 0 Å². The van der Waals surface area contributed by atoms with Crippen LogP contribution in [0.4, 0.5) is 0 Å². The van der Waals surface area contributed by atoms with Crippen LogP contribution in [0.25, 0.3) is 0 Å². The van der Waals surface area contributed by atoms with Crippen molar-refractivity contribution in [3.63, 3.8) is 0 Å². The van der Waals surface area contributed by atoms with E-state index >= 15 is 0 Å². The lowest BCUT2D eigenvalue weighted by Crippen LogP contribution is -2.08. The van der Waals surface area contributed by atoms with Crippen molar-refractivity contribution in [2.75, 3.05) is 5.75 Å². The van der Waals surface area contributed by atoms with E-state index in [1.807, 2.05) is 6.07 Å². The Labute approximate surface area is 88.9 Å². The Kier molecular flexibility index (Phi) is 2.64. The van der Waals surface area contributed by atoms with Crippen LogP contribution in [0.3, 0.4) is 0 Å². The molecule has 74 valence electrons. The Morgan fingerprint density at radius 2 is 2.14 bits per heavy atom. The lowest BCUT2D eigenvalue weighted by atomic mass is 9.99. The quantitative estimate of drug-likeness (QED) is 0.699. The summed E-state index contributed by atoms with van der Waals surface area (Å²) in [5.41, 5.74) is 2.25. The Bertz CT molecular complexity index is 369. The van der Waals surface area contributed by atoms with Crippen LogP contribution >= 0.6 is 11.8 Å². The van der Waals surface area contributed by atoms with Gasteiger partial charge in [0.25, 0.3) is 0 Å². The maximum Gasteiger partial charge on any atom is 0.164 e. The van der Waals surface area contributed by atoms with Crippen LogP contribution in [0.15, 0.2) is 23.1 Å². The molecular weight excluding hydrogens is 192 g/mol. The summed E-state index contributed by atoms with van der Waals surface area (Å²) in [7, 11) is 0. The second-order valence-electron chi connectivity index (χ2n) is 3.93. The number of hydrogen-bond donors (Lipinski definition) is 0. The first-order valence-electron chi connectivity index (χ1n) is 4.98. The molecule has 0 saturated carbocycles. The first-order valence-corrected chi connectivity index (χ1v) is 5.97. The molecule has 1 aromatic carbocycles. The lowest BCUT2D eigenvalue weighted by molar-refractivity contribution is 0.0985. The molecule has 14 heavy (non-hydrogen) atoms. The van der Waals surface area contributed by atoms with Crippen LogP contribution in [0, 0.1) is 0 Å². The molecule has 0 unspecified atom stereocenters. The topological polar surface area (TPSA) is 17.1 Å². The number of Topliss-reactive ketones (excluding diaryl/α,β-unsaturated/α-hetero) is 1. The maximum absolute atomic E-state index is 11.6. The highest BCUT2D eigenvalue weighted by Crippen LogP contribution is 2.32. The molecule has 1 aliphatic rings. The molecule has 0 saturated heterocycles. The minimum atomic E-state index is 0.300. The fraction of sp³-hybridized carbons (Fsp3) is 0.417. The third kappa shape index (κ3) is 1.71. The van der Waals surface area contributed by atoms with E-state index in [2.05, 4.69) is 26.0 Å². The molecule has 0 atom stereocenters. The Morgan fingerprint density at radius 3 is 2.86 bits per heavy atom. The molecule has 0 aliphatic carbocycles. The van der Waals surface area contributed by atoms with Gasteiger partial charge in [0.1, 0.15) is 0 Å². The molecule has 2 rings (SSSR count).